The number of nitro benzene ring substituents is 1. The molecule has 0 spiro atoms. The Hall–Kier alpha value is -3.39. The van der Waals surface area contributed by atoms with Gasteiger partial charge in [0, 0.05) is 12.6 Å². The van der Waals surface area contributed by atoms with Gasteiger partial charge in [0.05, 0.1) is 4.92 Å². The molecule has 29 heavy (non-hydrogen) atoms. The predicted molar refractivity (Wildman–Crippen MR) is 103 cm³/mol. The molecule has 0 bridgehead atoms. The fourth-order valence-corrected chi connectivity index (χ4v) is 2.89. The third-order valence-electron chi connectivity index (χ3n) is 4.36. The number of aliphatic hydroxyl groups excluding tert-OH is 1. The number of hydrogen-bond donors (Lipinski definition) is 2. The summed E-state index contributed by atoms with van der Waals surface area (Å²) in [5, 5.41) is 23.8. The smallest absolute Gasteiger partial charge is 0.379 e. The summed E-state index contributed by atoms with van der Waals surface area (Å²) in [5.74, 6) is 0. The zero-order valence-electron chi connectivity index (χ0n) is 15.1. The molecule has 5 nitrogen and oxygen atoms in total. The Labute approximate surface area is 164 Å². The first-order valence-electron chi connectivity index (χ1n) is 8.67. The van der Waals surface area contributed by atoms with Crippen LogP contribution in [0, 0.1) is 10.1 Å². The molecular weight excluding hydrogens is 385 g/mol. The maximum atomic E-state index is 12.8. The van der Waals surface area contributed by atoms with Crippen molar-refractivity contribution in [2.75, 3.05) is 5.32 Å². The predicted octanol–water partition coefficient (Wildman–Crippen LogP) is 5.47. The first-order chi connectivity index (χ1) is 13.8. The van der Waals surface area contributed by atoms with Crippen LogP contribution in [0.4, 0.5) is 24.5 Å². The second-order valence-electron chi connectivity index (χ2n) is 6.40. The standard InChI is InChI=1S/C21H17F3N2O3/c22-21(23,24)20(27)17-8-4-7-15(11-17)16-9-10-19(26(28)29)18(12-16)25-13-14-5-2-1-3-6-14/h1-12,20,25,27H,13H2. The van der Waals surface area contributed by atoms with Gasteiger partial charge in [-0.15, -0.1) is 0 Å². The minimum Gasteiger partial charge on any atom is -0.379 e. The van der Waals surface area contributed by atoms with Gasteiger partial charge in [0.1, 0.15) is 5.69 Å². The average molecular weight is 402 g/mol. The molecule has 8 heteroatoms. The molecule has 0 saturated heterocycles. The summed E-state index contributed by atoms with van der Waals surface area (Å²) in [7, 11) is 0. The molecule has 3 aromatic carbocycles. The summed E-state index contributed by atoms with van der Waals surface area (Å²) in [6, 6.07) is 18.9. The number of halogens is 3. The van der Waals surface area contributed by atoms with Crippen LogP contribution in [0.1, 0.15) is 17.2 Å². The lowest BCUT2D eigenvalue weighted by Gasteiger charge is -2.16. The van der Waals surface area contributed by atoms with Crippen molar-refractivity contribution >= 4 is 11.4 Å². The van der Waals surface area contributed by atoms with Crippen molar-refractivity contribution in [2.24, 2.45) is 0 Å². The lowest BCUT2D eigenvalue weighted by molar-refractivity contribution is -0.384. The van der Waals surface area contributed by atoms with E-state index < -0.39 is 17.2 Å². The molecular formula is C21H17F3N2O3. The van der Waals surface area contributed by atoms with E-state index in [1.807, 2.05) is 30.3 Å². The highest BCUT2D eigenvalue weighted by molar-refractivity contribution is 5.74. The highest BCUT2D eigenvalue weighted by atomic mass is 19.4. The van der Waals surface area contributed by atoms with Gasteiger partial charge in [-0.3, -0.25) is 10.1 Å². The Kier molecular flexibility index (Phi) is 5.84. The molecule has 0 fully saturated rings. The molecule has 0 aliphatic rings. The van der Waals surface area contributed by atoms with E-state index >= 15 is 0 Å². The van der Waals surface area contributed by atoms with E-state index in [4.69, 9.17) is 0 Å². The monoisotopic (exact) mass is 402 g/mol. The minimum absolute atomic E-state index is 0.142. The van der Waals surface area contributed by atoms with E-state index in [0.29, 0.717) is 17.7 Å². The van der Waals surface area contributed by atoms with Crippen molar-refractivity contribution in [1.82, 2.24) is 0 Å². The molecule has 2 N–H and O–H groups in total. The Morgan fingerprint density at radius 1 is 0.966 bits per heavy atom. The van der Waals surface area contributed by atoms with Crippen molar-refractivity contribution in [2.45, 2.75) is 18.8 Å². The SMILES string of the molecule is O=[N+]([O-])c1ccc(-c2cccc(C(O)C(F)(F)F)c2)cc1NCc1ccccc1. The van der Waals surface area contributed by atoms with Crippen LogP contribution in [0.3, 0.4) is 0 Å². The summed E-state index contributed by atoms with van der Waals surface area (Å²) >= 11 is 0. The molecule has 3 rings (SSSR count). The maximum Gasteiger partial charge on any atom is 0.418 e. The van der Waals surface area contributed by atoms with Crippen LogP contribution in [0.25, 0.3) is 11.1 Å². The molecule has 0 aromatic heterocycles. The third kappa shape index (κ3) is 4.91. The quantitative estimate of drug-likeness (QED) is 0.424. The van der Waals surface area contributed by atoms with E-state index in [1.165, 1.54) is 36.4 Å². The zero-order chi connectivity index (χ0) is 21.0. The lowest BCUT2D eigenvalue weighted by Crippen LogP contribution is -2.20. The first-order valence-corrected chi connectivity index (χ1v) is 8.67. The Morgan fingerprint density at radius 3 is 2.31 bits per heavy atom. The average Bonchev–Trinajstić information content (AvgIpc) is 2.71. The number of hydrogen-bond acceptors (Lipinski definition) is 4. The Bertz CT molecular complexity index is 1010. The van der Waals surface area contributed by atoms with Gasteiger partial charge < -0.3 is 10.4 Å². The molecule has 0 heterocycles. The number of nitrogens with zero attached hydrogens (tertiary/aromatic N) is 1. The normalized spacial score (nSPS) is 12.4. The molecule has 0 amide bonds. The van der Waals surface area contributed by atoms with Crippen LogP contribution in [0.5, 0.6) is 0 Å². The van der Waals surface area contributed by atoms with Crippen molar-refractivity contribution in [3.63, 3.8) is 0 Å². The van der Waals surface area contributed by atoms with Gasteiger partial charge in [-0.25, -0.2) is 0 Å². The van der Waals surface area contributed by atoms with Gasteiger partial charge in [-0.2, -0.15) is 13.2 Å². The van der Waals surface area contributed by atoms with Crippen LogP contribution >= 0.6 is 0 Å². The van der Waals surface area contributed by atoms with Gasteiger partial charge >= 0.3 is 6.18 Å². The molecule has 3 aromatic rings. The van der Waals surface area contributed by atoms with Crippen LogP contribution < -0.4 is 5.32 Å². The number of benzene rings is 3. The molecule has 0 saturated carbocycles. The van der Waals surface area contributed by atoms with Gasteiger partial charge in [0.2, 0.25) is 0 Å². The van der Waals surface area contributed by atoms with Crippen LogP contribution in [-0.2, 0) is 6.54 Å². The summed E-state index contributed by atoms with van der Waals surface area (Å²) in [6.45, 7) is 0.345. The van der Waals surface area contributed by atoms with Gasteiger partial charge in [-0.05, 0) is 40.5 Å². The number of nitro groups is 1. The van der Waals surface area contributed by atoms with Crippen molar-refractivity contribution in [1.29, 1.82) is 0 Å². The number of anilines is 1. The fraction of sp³-hybridized carbons (Fsp3) is 0.143. The van der Waals surface area contributed by atoms with Gasteiger partial charge in [-0.1, -0.05) is 48.5 Å². The van der Waals surface area contributed by atoms with E-state index in [1.54, 1.807) is 6.07 Å². The van der Waals surface area contributed by atoms with Crippen LogP contribution in [0.15, 0.2) is 72.8 Å². The summed E-state index contributed by atoms with van der Waals surface area (Å²) in [5.41, 5.74) is 1.62. The van der Waals surface area contributed by atoms with Gasteiger partial charge in [0.15, 0.2) is 6.10 Å². The zero-order valence-corrected chi connectivity index (χ0v) is 15.1. The molecule has 1 unspecified atom stereocenters. The molecule has 150 valence electrons. The summed E-state index contributed by atoms with van der Waals surface area (Å²) in [6.07, 6.45) is -7.38. The highest BCUT2D eigenvalue weighted by Crippen LogP contribution is 2.35. The van der Waals surface area contributed by atoms with Crippen molar-refractivity contribution < 1.29 is 23.2 Å². The lowest BCUT2D eigenvalue weighted by atomic mass is 9.99. The number of aliphatic hydroxyl groups is 1. The number of nitrogens with one attached hydrogen (secondary N) is 1. The number of rotatable bonds is 6. The fourth-order valence-electron chi connectivity index (χ4n) is 2.89. The molecule has 0 aliphatic carbocycles. The van der Waals surface area contributed by atoms with E-state index in [9.17, 15) is 28.4 Å². The maximum absolute atomic E-state index is 12.8. The molecule has 0 aliphatic heterocycles. The van der Waals surface area contributed by atoms with E-state index in [-0.39, 0.29) is 16.9 Å². The van der Waals surface area contributed by atoms with Gasteiger partial charge in [0.25, 0.3) is 5.69 Å². The van der Waals surface area contributed by atoms with Crippen molar-refractivity contribution in [3.05, 3.63) is 94.0 Å². The van der Waals surface area contributed by atoms with E-state index in [0.717, 1.165) is 5.56 Å². The summed E-state index contributed by atoms with van der Waals surface area (Å²) in [4.78, 5) is 10.8. The topological polar surface area (TPSA) is 75.4 Å². The molecule has 1 atom stereocenters. The second-order valence-corrected chi connectivity index (χ2v) is 6.40. The highest BCUT2D eigenvalue weighted by Gasteiger charge is 2.39. The third-order valence-corrected chi connectivity index (χ3v) is 4.36. The first kappa shape index (κ1) is 20.3. The second kappa shape index (κ2) is 8.32. The van der Waals surface area contributed by atoms with Crippen molar-refractivity contribution in [3.8, 4) is 11.1 Å². The summed E-state index contributed by atoms with van der Waals surface area (Å²) < 4.78 is 38.4. The van der Waals surface area contributed by atoms with Crippen LogP contribution in [0.2, 0.25) is 0 Å². The minimum atomic E-state index is -4.78. The molecule has 0 radical (unpaired) electrons. The number of alkyl halides is 3. The Balaban J connectivity index is 1.93. The largest absolute Gasteiger partial charge is 0.418 e. The Morgan fingerprint density at radius 2 is 1.66 bits per heavy atom. The van der Waals surface area contributed by atoms with E-state index in [2.05, 4.69) is 5.32 Å². The van der Waals surface area contributed by atoms with Crippen LogP contribution in [-0.4, -0.2) is 16.2 Å².